The second kappa shape index (κ2) is 5.03. The van der Waals surface area contributed by atoms with Gasteiger partial charge in [-0.1, -0.05) is 12.1 Å². The Labute approximate surface area is 107 Å². The molecule has 6 heteroatoms. The van der Waals surface area contributed by atoms with Gasteiger partial charge in [-0.3, -0.25) is 20.2 Å². The van der Waals surface area contributed by atoms with E-state index in [1.54, 1.807) is 17.4 Å². The lowest BCUT2D eigenvalue weighted by Crippen LogP contribution is -2.51. The van der Waals surface area contributed by atoms with Crippen molar-refractivity contribution in [2.24, 2.45) is 0 Å². The zero-order valence-corrected chi connectivity index (χ0v) is 10.2. The predicted molar refractivity (Wildman–Crippen MR) is 70.3 cm³/mol. The third-order valence-electron chi connectivity index (χ3n) is 2.01. The first kappa shape index (κ1) is 11.7. The molecule has 0 aliphatic carbocycles. The van der Waals surface area contributed by atoms with Gasteiger partial charge in [0.05, 0.1) is 0 Å². The van der Waals surface area contributed by atoms with Gasteiger partial charge in [-0.05, 0) is 35.8 Å². The van der Waals surface area contributed by atoms with Gasteiger partial charge in [0.25, 0.3) is 11.8 Å². The summed E-state index contributed by atoms with van der Waals surface area (Å²) in [5.41, 5.74) is 0.0476. The molecule has 2 amide bonds. The summed E-state index contributed by atoms with van der Waals surface area (Å²) in [6, 6.07) is 3.87. The van der Waals surface area contributed by atoms with Crippen LogP contribution in [0.4, 0.5) is 0 Å². The number of rotatable bonds is 2. The molecule has 0 unspecified atom stereocenters. The van der Waals surface area contributed by atoms with Crippen molar-refractivity contribution in [1.29, 1.82) is 0 Å². The van der Waals surface area contributed by atoms with E-state index < -0.39 is 11.8 Å². The van der Waals surface area contributed by atoms with E-state index >= 15 is 0 Å². The van der Waals surface area contributed by atoms with Gasteiger partial charge in [-0.25, -0.2) is 0 Å². The van der Waals surface area contributed by atoms with Crippen molar-refractivity contribution in [3.8, 4) is 0 Å². The monoisotopic (exact) mass is 264 g/mol. The van der Waals surface area contributed by atoms with Crippen molar-refractivity contribution in [3.05, 3.63) is 40.1 Å². The van der Waals surface area contributed by atoms with Crippen LogP contribution in [-0.4, -0.2) is 16.9 Å². The lowest BCUT2D eigenvalue weighted by Gasteiger charge is -2.15. The highest BCUT2D eigenvalue weighted by Crippen LogP contribution is 2.11. The summed E-state index contributed by atoms with van der Waals surface area (Å²) < 4.78 is 0. The third kappa shape index (κ3) is 2.86. The van der Waals surface area contributed by atoms with E-state index in [4.69, 9.17) is 0 Å². The Morgan fingerprint density at radius 2 is 1.94 bits per heavy atom. The number of amides is 2. The molecule has 1 aliphatic rings. The number of allylic oxidation sites excluding steroid dienone is 2. The number of nitrogens with one attached hydrogen (secondary N) is 2. The van der Waals surface area contributed by atoms with Gasteiger partial charge < -0.3 is 0 Å². The van der Waals surface area contributed by atoms with Crippen LogP contribution >= 0.6 is 23.6 Å². The molecular weight excluding hydrogens is 256 g/mol. The summed E-state index contributed by atoms with van der Waals surface area (Å²) in [4.78, 5) is 23.9. The van der Waals surface area contributed by atoms with E-state index in [1.807, 2.05) is 23.6 Å². The van der Waals surface area contributed by atoms with Crippen LogP contribution in [-0.2, 0) is 9.59 Å². The van der Waals surface area contributed by atoms with Crippen LogP contribution in [0.1, 0.15) is 4.88 Å². The van der Waals surface area contributed by atoms with E-state index in [1.165, 1.54) is 6.08 Å². The molecule has 17 heavy (non-hydrogen) atoms. The average Bonchev–Trinajstić information content (AvgIpc) is 2.74. The highest BCUT2D eigenvalue weighted by Gasteiger charge is 2.24. The molecule has 1 aromatic heterocycles. The van der Waals surface area contributed by atoms with Crippen molar-refractivity contribution in [3.63, 3.8) is 0 Å². The molecular formula is C11H8N2O2S2. The second-order valence-corrected chi connectivity index (χ2v) is 4.58. The van der Waals surface area contributed by atoms with Gasteiger partial charge in [0.15, 0.2) is 5.11 Å². The second-order valence-electron chi connectivity index (χ2n) is 3.19. The van der Waals surface area contributed by atoms with Crippen LogP contribution in [0, 0.1) is 0 Å². The number of thiophene rings is 1. The van der Waals surface area contributed by atoms with Gasteiger partial charge in [-0.15, -0.1) is 11.3 Å². The van der Waals surface area contributed by atoms with Crippen LogP contribution in [0.15, 0.2) is 35.2 Å². The summed E-state index contributed by atoms with van der Waals surface area (Å²) in [7, 11) is 0. The van der Waals surface area contributed by atoms with Gasteiger partial charge >= 0.3 is 0 Å². The van der Waals surface area contributed by atoms with E-state index in [9.17, 15) is 9.59 Å². The smallest absolute Gasteiger partial charge is 0.263 e. The SMILES string of the molecule is O=C1NC(=S)NC(=O)C1=C/C=C/c1cccs1. The molecule has 1 fully saturated rings. The molecule has 4 nitrogen and oxygen atoms in total. The van der Waals surface area contributed by atoms with Gasteiger partial charge in [0, 0.05) is 4.88 Å². The maximum Gasteiger partial charge on any atom is 0.263 e. The predicted octanol–water partition coefficient (Wildman–Crippen LogP) is 1.22. The number of carbonyl (C=O) groups excluding carboxylic acids is 2. The van der Waals surface area contributed by atoms with Crippen molar-refractivity contribution >= 4 is 46.6 Å². The Morgan fingerprint density at radius 1 is 1.24 bits per heavy atom. The molecule has 2 heterocycles. The Kier molecular flexibility index (Phi) is 3.46. The third-order valence-corrected chi connectivity index (χ3v) is 3.05. The fraction of sp³-hybridized carbons (Fsp3) is 0. The van der Waals surface area contributed by atoms with Crippen molar-refractivity contribution in [2.75, 3.05) is 0 Å². The van der Waals surface area contributed by atoms with Crippen LogP contribution in [0.2, 0.25) is 0 Å². The topological polar surface area (TPSA) is 58.2 Å². The highest BCUT2D eigenvalue weighted by atomic mass is 32.1. The van der Waals surface area contributed by atoms with Crippen LogP contribution in [0.3, 0.4) is 0 Å². The summed E-state index contributed by atoms with van der Waals surface area (Å²) in [5, 5.41) is 6.72. The molecule has 1 aromatic rings. The van der Waals surface area contributed by atoms with E-state index in [0.717, 1.165) is 4.88 Å². The first-order valence-electron chi connectivity index (χ1n) is 4.75. The number of hydrogen-bond acceptors (Lipinski definition) is 4. The van der Waals surface area contributed by atoms with Crippen molar-refractivity contribution in [1.82, 2.24) is 10.6 Å². The number of hydrogen-bond donors (Lipinski definition) is 2. The Hall–Kier alpha value is -1.79. The van der Waals surface area contributed by atoms with Crippen molar-refractivity contribution < 1.29 is 9.59 Å². The minimum absolute atomic E-state index is 0.0411. The molecule has 0 radical (unpaired) electrons. The molecule has 0 aromatic carbocycles. The first-order valence-corrected chi connectivity index (χ1v) is 6.04. The lowest BCUT2D eigenvalue weighted by atomic mass is 10.2. The number of carbonyl (C=O) groups is 2. The Bertz CT molecular complexity index is 508. The number of thiocarbonyl (C=S) groups is 1. The van der Waals surface area contributed by atoms with E-state index in [2.05, 4.69) is 22.9 Å². The standard InChI is InChI=1S/C11H8N2O2S2/c14-9-8(10(15)13-11(16)12-9)5-1-3-7-4-2-6-17-7/h1-6H,(H2,12,13,14,15,16)/b3-1+. The molecule has 2 N–H and O–H groups in total. The van der Waals surface area contributed by atoms with Crippen LogP contribution in [0.25, 0.3) is 6.08 Å². The van der Waals surface area contributed by atoms with E-state index in [-0.39, 0.29) is 10.7 Å². The van der Waals surface area contributed by atoms with E-state index in [0.29, 0.717) is 0 Å². The van der Waals surface area contributed by atoms with Gasteiger partial charge in [0.2, 0.25) is 0 Å². The fourth-order valence-corrected chi connectivity index (χ4v) is 2.07. The minimum atomic E-state index is -0.477. The molecule has 1 aliphatic heterocycles. The maximum atomic E-state index is 11.4. The van der Waals surface area contributed by atoms with Crippen molar-refractivity contribution in [2.45, 2.75) is 0 Å². The molecule has 0 atom stereocenters. The molecule has 1 saturated heterocycles. The summed E-state index contributed by atoms with van der Waals surface area (Å²) in [5.74, 6) is -0.954. The average molecular weight is 264 g/mol. The molecule has 0 bridgehead atoms. The molecule has 0 spiro atoms. The maximum absolute atomic E-state index is 11.4. The molecule has 86 valence electrons. The van der Waals surface area contributed by atoms with Gasteiger partial charge in [0.1, 0.15) is 5.57 Å². The highest BCUT2D eigenvalue weighted by molar-refractivity contribution is 7.80. The minimum Gasteiger partial charge on any atom is -0.299 e. The Morgan fingerprint density at radius 3 is 2.53 bits per heavy atom. The Balaban J connectivity index is 2.13. The van der Waals surface area contributed by atoms with Gasteiger partial charge in [-0.2, -0.15) is 0 Å². The zero-order chi connectivity index (χ0) is 12.3. The summed E-state index contributed by atoms with van der Waals surface area (Å²) in [6.07, 6.45) is 4.95. The summed E-state index contributed by atoms with van der Waals surface area (Å²) in [6.45, 7) is 0. The molecule has 0 saturated carbocycles. The summed E-state index contributed by atoms with van der Waals surface area (Å²) >= 11 is 6.26. The quantitative estimate of drug-likeness (QED) is 0.480. The first-order chi connectivity index (χ1) is 8.16. The lowest BCUT2D eigenvalue weighted by molar-refractivity contribution is -0.123. The zero-order valence-electron chi connectivity index (χ0n) is 8.60. The molecule has 2 rings (SSSR count). The van der Waals surface area contributed by atoms with Crippen LogP contribution < -0.4 is 10.6 Å². The normalized spacial score (nSPS) is 16.0. The largest absolute Gasteiger partial charge is 0.299 e. The fourth-order valence-electron chi connectivity index (χ4n) is 1.25. The van der Waals surface area contributed by atoms with Crippen LogP contribution in [0.5, 0.6) is 0 Å².